The minimum Gasteiger partial charge on any atom is -0.371 e. The molecule has 0 amide bonds. The van der Waals surface area contributed by atoms with E-state index in [1.807, 2.05) is 19.3 Å². The monoisotopic (exact) mass is 269 g/mol. The Kier molecular flexibility index (Phi) is 4.04. The van der Waals surface area contributed by atoms with Crippen molar-refractivity contribution in [3.8, 4) is 0 Å². The molecule has 3 rings (SSSR count). The van der Waals surface area contributed by atoms with Crippen LogP contribution >= 0.6 is 0 Å². The Morgan fingerprint density at radius 3 is 2.55 bits per heavy atom. The average Bonchev–Trinajstić information content (AvgIpc) is 2.51. The molecule has 1 aromatic heterocycles. The van der Waals surface area contributed by atoms with Gasteiger partial charge in [-0.3, -0.25) is 0 Å². The first-order valence-electron chi connectivity index (χ1n) is 7.00. The highest BCUT2D eigenvalue weighted by Crippen LogP contribution is 2.20. The molecule has 4 heteroatoms. The quantitative estimate of drug-likeness (QED) is 0.926. The summed E-state index contributed by atoms with van der Waals surface area (Å²) in [7, 11) is 0. The Bertz CT molecular complexity index is 545. The number of nitrogens with one attached hydrogen (secondary N) is 1. The van der Waals surface area contributed by atoms with Crippen molar-refractivity contribution < 1.29 is 4.74 Å². The molecule has 2 aromatic rings. The van der Waals surface area contributed by atoms with Gasteiger partial charge in [-0.1, -0.05) is 24.3 Å². The van der Waals surface area contributed by atoms with Crippen LogP contribution in [0.2, 0.25) is 0 Å². The number of benzene rings is 1. The van der Waals surface area contributed by atoms with Gasteiger partial charge in [-0.15, -0.1) is 0 Å². The van der Waals surface area contributed by atoms with E-state index in [-0.39, 0.29) is 6.10 Å². The summed E-state index contributed by atoms with van der Waals surface area (Å²) in [4.78, 5) is 8.45. The molecule has 0 saturated carbocycles. The first-order chi connectivity index (χ1) is 9.81. The lowest BCUT2D eigenvalue weighted by molar-refractivity contribution is 0.0277. The first-order valence-corrected chi connectivity index (χ1v) is 7.00. The predicted molar refractivity (Wildman–Crippen MR) is 77.6 cm³/mol. The molecule has 1 aliphatic rings. The molecular weight excluding hydrogens is 250 g/mol. The molecule has 1 saturated heterocycles. The molecule has 1 fully saturated rings. The maximum Gasteiger partial charge on any atom is 0.125 e. The standard InChI is InChI=1S/C16H19N3O/c1-12-18-9-14(10-19-12)8-13-2-4-15(5-3-13)16-11-17-6-7-20-16/h2-5,9-10,16-17H,6-8,11H2,1H3/t16-/m0/s1. The molecule has 2 heterocycles. The van der Waals surface area contributed by atoms with E-state index in [2.05, 4.69) is 39.6 Å². The van der Waals surface area contributed by atoms with Gasteiger partial charge in [-0.2, -0.15) is 0 Å². The lowest BCUT2D eigenvalue weighted by Gasteiger charge is -2.24. The Morgan fingerprint density at radius 1 is 1.15 bits per heavy atom. The lowest BCUT2D eigenvalue weighted by Crippen LogP contribution is -2.33. The number of aromatic nitrogens is 2. The van der Waals surface area contributed by atoms with Gasteiger partial charge in [0, 0.05) is 31.9 Å². The molecule has 0 aliphatic carbocycles. The zero-order chi connectivity index (χ0) is 13.8. The van der Waals surface area contributed by atoms with Crippen LogP contribution in [-0.2, 0) is 11.2 Å². The fourth-order valence-electron chi connectivity index (χ4n) is 2.38. The third-order valence-electron chi connectivity index (χ3n) is 3.52. The second kappa shape index (κ2) is 6.11. The van der Waals surface area contributed by atoms with Gasteiger partial charge in [0.1, 0.15) is 5.82 Å². The van der Waals surface area contributed by atoms with Crippen LogP contribution in [0.1, 0.15) is 28.6 Å². The topological polar surface area (TPSA) is 47.0 Å². The number of nitrogens with zero attached hydrogens (tertiary/aromatic N) is 2. The zero-order valence-electron chi connectivity index (χ0n) is 11.7. The highest BCUT2D eigenvalue weighted by atomic mass is 16.5. The SMILES string of the molecule is Cc1ncc(Cc2ccc([C@@H]3CNCCO3)cc2)cn1. The molecule has 0 radical (unpaired) electrons. The second-order valence-electron chi connectivity index (χ2n) is 5.12. The minimum absolute atomic E-state index is 0.181. The van der Waals surface area contributed by atoms with Crippen molar-refractivity contribution in [1.29, 1.82) is 0 Å². The van der Waals surface area contributed by atoms with Crippen molar-refractivity contribution in [2.24, 2.45) is 0 Å². The lowest BCUT2D eigenvalue weighted by atomic mass is 10.0. The van der Waals surface area contributed by atoms with E-state index in [1.54, 1.807) is 0 Å². The summed E-state index contributed by atoms with van der Waals surface area (Å²) >= 11 is 0. The van der Waals surface area contributed by atoms with Crippen LogP contribution in [0.3, 0.4) is 0 Å². The van der Waals surface area contributed by atoms with Crippen LogP contribution < -0.4 is 5.32 Å². The number of hydrogen-bond acceptors (Lipinski definition) is 4. The van der Waals surface area contributed by atoms with Crippen molar-refractivity contribution in [3.05, 3.63) is 59.2 Å². The molecule has 1 aliphatic heterocycles. The molecule has 20 heavy (non-hydrogen) atoms. The van der Waals surface area contributed by atoms with Gasteiger partial charge >= 0.3 is 0 Å². The van der Waals surface area contributed by atoms with Crippen molar-refractivity contribution in [1.82, 2.24) is 15.3 Å². The van der Waals surface area contributed by atoms with Gasteiger partial charge in [0.2, 0.25) is 0 Å². The first kappa shape index (κ1) is 13.2. The highest BCUT2D eigenvalue weighted by molar-refractivity contribution is 5.28. The average molecular weight is 269 g/mol. The fraction of sp³-hybridized carbons (Fsp3) is 0.375. The summed E-state index contributed by atoms with van der Waals surface area (Å²) in [5.74, 6) is 0.811. The van der Waals surface area contributed by atoms with E-state index in [9.17, 15) is 0 Å². The van der Waals surface area contributed by atoms with Crippen molar-refractivity contribution in [3.63, 3.8) is 0 Å². The van der Waals surface area contributed by atoms with Gasteiger partial charge in [-0.25, -0.2) is 9.97 Å². The number of aryl methyl sites for hydroxylation is 1. The third-order valence-corrected chi connectivity index (χ3v) is 3.52. The van der Waals surface area contributed by atoms with E-state index in [0.717, 1.165) is 37.5 Å². The van der Waals surface area contributed by atoms with E-state index in [4.69, 9.17) is 4.74 Å². The minimum atomic E-state index is 0.181. The Labute approximate surface area is 119 Å². The van der Waals surface area contributed by atoms with Crippen LogP contribution in [0.5, 0.6) is 0 Å². The summed E-state index contributed by atoms with van der Waals surface area (Å²) in [6, 6.07) is 8.63. The summed E-state index contributed by atoms with van der Waals surface area (Å²) in [5.41, 5.74) is 3.64. The molecule has 1 atom stereocenters. The largest absolute Gasteiger partial charge is 0.371 e. The summed E-state index contributed by atoms with van der Waals surface area (Å²) in [6.45, 7) is 4.52. The van der Waals surface area contributed by atoms with E-state index in [1.165, 1.54) is 11.1 Å². The molecule has 0 bridgehead atoms. The van der Waals surface area contributed by atoms with E-state index < -0.39 is 0 Å². The van der Waals surface area contributed by atoms with Crippen molar-refractivity contribution in [2.75, 3.05) is 19.7 Å². The Hall–Kier alpha value is -1.78. The van der Waals surface area contributed by atoms with E-state index in [0.29, 0.717) is 0 Å². The van der Waals surface area contributed by atoms with Crippen LogP contribution in [0.15, 0.2) is 36.7 Å². The normalized spacial score (nSPS) is 18.9. The molecular formula is C16H19N3O. The fourth-order valence-corrected chi connectivity index (χ4v) is 2.38. The summed E-state index contributed by atoms with van der Waals surface area (Å²) in [5, 5.41) is 3.35. The number of hydrogen-bond donors (Lipinski definition) is 1. The predicted octanol–water partition coefficient (Wildman–Crippen LogP) is 2.04. The molecule has 1 aromatic carbocycles. The van der Waals surface area contributed by atoms with Gasteiger partial charge in [0.15, 0.2) is 0 Å². The van der Waals surface area contributed by atoms with Gasteiger partial charge in [0.25, 0.3) is 0 Å². The maximum atomic E-state index is 5.75. The van der Waals surface area contributed by atoms with Crippen LogP contribution in [0.4, 0.5) is 0 Å². The van der Waals surface area contributed by atoms with E-state index >= 15 is 0 Å². The summed E-state index contributed by atoms with van der Waals surface area (Å²) in [6.07, 6.45) is 4.83. The summed E-state index contributed by atoms with van der Waals surface area (Å²) < 4.78 is 5.75. The third kappa shape index (κ3) is 3.21. The van der Waals surface area contributed by atoms with Gasteiger partial charge < -0.3 is 10.1 Å². The Morgan fingerprint density at radius 2 is 1.90 bits per heavy atom. The second-order valence-corrected chi connectivity index (χ2v) is 5.12. The maximum absolute atomic E-state index is 5.75. The highest BCUT2D eigenvalue weighted by Gasteiger charge is 2.15. The van der Waals surface area contributed by atoms with Gasteiger partial charge in [0.05, 0.1) is 12.7 Å². The van der Waals surface area contributed by atoms with Gasteiger partial charge in [-0.05, 0) is 23.6 Å². The molecule has 104 valence electrons. The molecule has 1 N–H and O–H groups in total. The number of ether oxygens (including phenoxy) is 1. The molecule has 0 unspecified atom stereocenters. The smallest absolute Gasteiger partial charge is 0.125 e. The number of rotatable bonds is 3. The Balaban J connectivity index is 1.67. The van der Waals surface area contributed by atoms with Crippen molar-refractivity contribution in [2.45, 2.75) is 19.4 Å². The zero-order valence-corrected chi connectivity index (χ0v) is 11.7. The van der Waals surface area contributed by atoms with Crippen LogP contribution in [0, 0.1) is 6.92 Å². The molecule has 0 spiro atoms. The van der Waals surface area contributed by atoms with Crippen LogP contribution in [-0.4, -0.2) is 29.7 Å². The number of morpholine rings is 1. The van der Waals surface area contributed by atoms with Crippen LogP contribution in [0.25, 0.3) is 0 Å². The van der Waals surface area contributed by atoms with Crippen molar-refractivity contribution >= 4 is 0 Å². The molecule has 4 nitrogen and oxygen atoms in total.